The second-order valence-corrected chi connectivity index (χ2v) is 4.24. The number of para-hydroxylation sites is 2. The molecule has 4 nitrogen and oxygen atoms in total. The molecule has 2 aromatic heterocycles. The highest BCUT2D eigenvalue weighted by Crippen LogP contribution is 2.20. The summed E-state index contributed by atoms with van der Waals surface area (Å²) in [4.78, 5) is 8.39. The van der Waals surface area contributed by atoms with E-state index in [0.29, 0.717) is 12.1 Å². The van der Waals surface area contributed by atoms with Gasteiger partial charge in [0.15, 0.2) is 11.6 Å². The van der Waals surface area contributed by atoms with E-state index in [1.165, 1.54) is 0 Å². The van der Waals surface area contributed by atoms with E-state index in [9.17, 15) is 4.39 Å². The number of hydrogen-bond acceptors (Lipinski definition) is 3. The first-order chi connectivity index (χ1) is 9.31. The van der Waals surface area contributed by atoms with Crippen molar-refractivity contribution in [3.63, 3.8) is 0 Å². The van der Waals surface area contributed by atoms with Crippen LogP contribution in [0.3, 0.4) is 0 Å². The molecule has 3 aromatic rings. The Morgan fingerprint density at radius 3 is 2.89 bits per heavy atom. The lowest BCUT2D eigenvalue weighted by molar-refractivity contribution is 0.585. The normalized spacial score (nSPS) is 11.1. The molecule has 3 rings (SSSR count). The maximum absolute atomic E-state index is 14.4. The molecular weight excluding hydrogens is 243 g/mol. The molecule has 0 aliphatic carbocycles. The highest BCUT2D eigenvalue weighted by molar-refractivity contribution is 5.76. The van der Waals surface area contributed by atoms with Crippen LogP contribution in [0.25, 0.3) is 16.9 Å². The Morgan fingerprint density at radius 1 is 1.21 bits per heavy atom. The summed E-state index contributed by atoms with van der Waals surface area (Å²) in [6.45, 7) is 0.466. The van der Waals surface area contributed by atoms with Crippen molar-refractivity contribution in [3.8, 4) is 5.82 Å². The smallest absolute Gasteiger partial charge is 0.175 e. The summed E-state index contributed by atoms with van der Waals surface area (Å²) >= 11 is 0. The molecule has 0 spiro atoms. The molecule has 1 N–H and O–H groups in total. The quantitative estimate of drug-likeness (QED) is 0.781. The standard InChI is InChI=1S/C14H13FN4/c1-16-8-10-6-7-17-14(13(10)15)19-9-18-11-4-2-3-5-12(11)19/h2-7,9,16H,8H2,1H3. The third-order valence-corrected chi connectivity index (χ3v) is 3.00. The Kier molecular flexibility index (Phi) is 2.97. The minimum absolute atomic E-state index is 0.279. The molecule has 19 heavy (non-hydrogen) atoms. The number of imidazole rings is 1. The average molecular weight is 256 g/mol. The third-order valence-electron chi connectivity index (χ3n) is 3.00. The third kappa shape index (κ3) is 1.98. The van der Waals surface area contributed by atoms with Crippen LogP contribution in [-0.4, -0.2) is 21.6 Å². The number of fused-ring (bicyclic) bond motifs is 1. The van der Waals surface area contributed by atoms with Gasteiger partial charge in [0.05, 0.1) is 11.0 Å². The first-order valence-corrected chi connectivity index (χ1v) is 6.01. The predicted molar refractivity (Wildman–Crippen MR) is 71.6 cm³/mol. The average Bonchev–Trinajstić information content (AvgIpc) is 2.85. The molecule has 0 aliphatic heterocycles. The summed E-state index contributed by atoms with van der Waals surface area (Å²) in [7, 11) is 1.78. The van der Waals surface area contributed by atoms with Crippen LogP contribution in [0.15, 0.2) is 42.9 Å². The summed E-state index contributed by atoms with van der Waals surface area (Å²) in [5.41, 5.74) is 2.25. The first-order valence-electron chi connectivity index (χ1n) is 6.01. The van der Waals surface area contributed by atoms with E-state index < -0.39 is 0 Å². The van der Waals surface area contributed by atoms with Crippen molar-refractivity contribution in [3.05, 3.63) is 54.2 Å². The molecule has 0 unspecified atom stereocenters. The Labute approximate surface area is 109 Å². The van der Waals surface area contributed by atoms with Crippen LogP contribution in [0.5, 0.6) is 0 Å². The van der Waals surface area contributed by atoms with Gasteiger partial charge in [-0.2, -0.15) is 0 Å². The number of halogens is 1. The van der Waals surface area contributed by atoms with Crippen LogP contribution in [0.2, 0.25) is 0 Å². The van der Waals surface area contributed by atoms with E-state index in [0.717, 1.165) is 11.0 Å². The van der Waals surface area contributed by atoms with Crippen molar-refractivity contribution in [2.45, 2.75) is 6.54 Å². The fourth-order valence-corrected chi connectivity index (χ4v) is 2.09. The topological polar surface area (TPSA) is 42.7 Å². The number of hydrogen-bond donors (Lipinski definition) is 1. The molecule has 0 bridgehead atoms. The van der Waals surface area contributed by atoms with Gasteiger partial charge >= 0.3 is 0 Å². The fourth-order valence-electron chi connectivity index (χ4n) is 2.09. The van der Waals surface area contributed by atoms with Crippen molar-refractivity contribution in [2.75, 3.05) is 7.05 Å². The summed E-state index contributed by atoms with van der Waals surface area (Å²) in [5.74, 6) is -0.0403. The summed E-state index contributed by atoms with van der Waals surface area (Å²) in [6.07, 6.45) is 3.21. The highest BCUT2D eigenvalue weighted by atomic mass is 19.1. The molecular formula is C14H13FN4. The SMILES string of the molecule is CNCc1ccnc(-n2cnc3ccccc32)c1F. The maximum atomic E-state index is 14.4. The number of nitrogens with zero attached hydrogens (tertiary/aromatic N) is 3. The summed E-state index contributed by atoms with van der Waals surface area (Å²) in [5, 5.41) is 2.94. The molecule has 0 fully saturated rings. The molecule has 5 heteroatoms. The Bertz CT molecular complexity index is 720. The lowest BCUT2D eigenvalue weighted by atomic mass is 10.2. The van der Waals surface area contributed by atoms with Gasteiger partial charge in [0.25, 0.3) is 0 Å². The van der Waals surface area contributed by atoms with Gasteiger partial charge in [0.2, 0.25) is 0 Å². The van der Waals surface area contributed by atoms with E-state index in [4.69, 9.17) is 0 Å². The van der Waals surface area contributed by atoms with Crippen LogP contribution in [0, 0.1) is 5.82 Å². The van der Waals surface area contributed by atoms with Gasteiger partial charge in [-0.25, -0.2) is 14.4 Å². The van der Waals surface area contributed by atoms with Crippen molar-refractivity contribution in [1.82, 2.24) is 19.9 Å². The first kappa shape index (κ1) is 11.8. The fraction of sp³-hybridized carbons (Fsp3) is 0.143. The number of rotatable bonds is 3. The minimum Gasteiger partial charge on any atom is -0.316 e. The zero-order valence-electron chi connectivity index (χ0n) is 10.5. The van der Waals surface area contributed by atoms with E-state index in [1.54, 1.807) is 30.2 Å². The van der Waals surface area contributed by atoms with E-state index >= 15 is 0 Å². The second kappa shape index (κ2) is 4.78. The minimum atomic E-state index is -0.319. The lowest BCUT2D eigenvalue weighted by Gasteiger charge is -2.08. The summed E-state index contributed by atoms with van der Waals surface area (Å²) < 4.78 is 16.1. The zero-order valence-corrected chi connectivity index (χ0v) is 10.5. The summed E-state index contributed by atoms with van der Waals surface area (Å²) in [6, 6.07) is 9.26. The molecule has 0 saturated carbocycles. The van der Waals surface area contributed by atoms with Crippen molar-refractivity contribution < 1.29 is 4.39 Å². The van der Waals surface area contributed by atoms with Gasteiger partial charge in [-0.1, -0.05) is 12.1 Å². The van der Waals surface area contributed by atoms with Crippen molar-refractivity contribution in [1.29, 1.82) is 0 Å². The van der Waals surface area contributed by atoms with Gasteiger partial charge in [0, 0.05) is 18.3 Å². The van der Waals surface area contributed by atoms with Gasteiger partial charge in [-0.15, -0.1) is 0 Å². The number of benzene rings is 1. The number of pyridine rings is 1. The maximum Gasteiger partial charge on any atom is 0.175 e. The van der Waals surface area contributed by atoms with Gasteiger partial charge < -0.3 is 5.32 Å². The number of aromatic nitrogens is 3. The largest absolute Gasteiger partial charge is 0.316 e. The highest BCUT2D eigenvalue weighted by Gasteiger charge is 2.13. The molecule has 0 amide bonds. The molecule has 0 atom stereocenters. The van der Waals surface area contributed by atoms with Crippen molar-refractivity contribution >= 4 is 11.0 Å². The van der Waals surface area contributed by atoms with E-state index in [1.807, 2.05) is 24.3 Å². The van der Waals surface area contributed by atoms with Crippen molar-refractivity contribution in [2.24, 2.45) is 0 Å². The zero-order chi connectivity index (χ0) is 13.2. The number of nitrogens with one attached hydrogen (secondary N) is 1. The van der Waals surface area contributed by atoms with Gasteiger partial charge in [0.1, 0.15) is 6.33 Å². The molecule has 0 saturated heterocycles. The van der Waals surface area contributed by atoms with Crippen LogP contribution >= 0.6 is 0 Å². The van der Waals surface area contributed by atoms with Crippen LogP contribution in [0.1, 0.15) is 5.56 Å². The lowest BCUT2D eigenvalue weighted by Crippen LogP contribution is -2.10. The van der Waals surface area contributed by atoms with E-state index in [-0.39, 0.29) is 11.6 Å². The molecule has 0 radical (unpaired) electrons. The van der Waals surface area contributed by atoms with Crippen LogP contribution in [-0.2, 0) is 6.54 Å². The monoisotopic (exact) mass is 256 g/mol. The van der Waals surface area contributed by atoms with Crippen LogP contribution < -0.4 is 5.32 Å². The molecule has 2 heterocycles. The predicted octanol–water partition coefficient (Wildman–Crippen LogP) is 2.28. The Balaban J connectivity index is 2.19. The Morgan fingerprint density at radius 2 is 2.05 bits per heavy atom. The van der Waals surface area contributed by atoms with E-state index in [2.05, 4.69) is 15.3 Å². The Hall–Kier alpha value is -2.27. The molecule has 96 valence electrons. The molecule has 0 aliphatic rings. The van der Waals surface area contributed by atoms with Gasteiger partial charge in [-0.3, -0.25) is 4.57 Å². The molecule has 1 aromatic carbocycles. The second-order valence-electron chi connectivity index (χ2n) is 4.24. The van der Waals surface area contributed by atoms with Crippen LogP contribution in [0.4, 0.5) is 4.39 Å². The van der Waals surface area contributed by atoms with Gasteiger partial charge in [-0.05, 0) is 25.2 Å².